The highest BCUT2D eigenvalue weighted by molar-refractivity contribution is 7.21. The van der Waals surface area contributed by atoms with E-state index < -0.39 is 30.7 Å². The topological polar surface area (TPSA) is 140 Å². The second-order valence-corrected chi connectivity index (χ2v) is 10.8. The number of carbonyl (C=O) groups is 1. The number of rotatable bonds is 11. The number of fused-ring (bicyclic) bond motifs is 2. The lowest BCUT2D eigenvalue weighted by Gasteiger charge is -2.30. The van der Waals surface area contributed by atoms with Gasteiger partial charge < -0.3 is 24.4 Å². The van der Waals surface area contributed by atoms with Crippen molar-refractivity contribution in [1.29, 1.82) is 0 Å². The molecule has 0 aliphatic heterocycles. The molecule has 0 bridgehead atoms. The van der Waals surface area contributed by atoms with Crippen LogP contribution in [0, 0.1) is 5.82 Å². The quantitative estimate of drug-likeness (QED) is 0.165. The minimum Gasteiger partial charge on any atom is -0.485 e. The number of aliphatic hydroxyl groups is 1. The lowest BCUT2D eigenvalue weighted by molar-refractivity contribution is -0.0499. The molecule has 0 radical (unpaired) electrons. The number of benzene rings is 2. The molecule has 16 heteroatoms. The van der Waals surface area contributed by atoms with E-state index in [0.29, 0.717) is 36.7 Å². The monoisotopic (exact) mass is 649 g/mol. The highest BCUT2D eigenvalue weighted by Gasteiger charge is 2.29. The van der Waals surface area contributed by atoms with Gasteiger partial charge in [0.15, 0.2) is 11.6 Å². The molecule has 11 nitrogen and oxygen atoms in total. The van der Waals surface area contributed by atoms with Gasteiger partial charge in [0.25, 0.3) is 0 Å². The zero-order chi connectivity index (χ0) is 31.5. The van der Waals surface area contributed by atoms with E-state index in [9.17, 15) is 18.7 Å². The molecule has 44 heavy (non-hydrogen) atoms. The highest BCUT2D eigenvalue weighted by atomic mass is 35.5. The average molecular weight is 650 g/mol. The van der Waals surface area contributed by atoms with Gasteiger partial charge in [0.05, 0.1) is 52.7 Å². The maximum absolute atomic E-state index is 15.2. The molecule has 2 aromatic carbocycles. The molecule has 0 fully saturated rings. The summed E-state index contributed by atoms with van der Waals surface area (Å²) < 4.78 is 56.6. The zero-order valence-corrected chi connectivity index (χ0v) is 24.5. The van der Waals surface area contributed by atoms with Crippen LogP contribution in [0.5, 0.6) is 17.5 Å². The number of pyridine rings is 1. The molecular weight excluding hydrogens is 627 g/mol. The van der Waals surface area contributed by atoms with Gasteiger partial charge in [-0.3, -0.25) is 9.88 Å². The number of anilines is 1. The molecule has 5 rings (SSSR count). The first-order valence-electron chi connectivity index (χ1n) is 12.9. The molecule has 0 aliphatic rings. The Morgan fingerprint density at radius 3 is 2.50 bits per heavy atom. The van der Waals surface area contributed by atoms with E-state index in [1.165, 1.54) is 48.1 Å². The van der Waals surface area contributed by atoms with Crippen LogP contribution in [0.1, 0.15) is 13.8 Å². The SMILES string of the molecule is C[C@H](Oc1cc2sc(-c3cc(Cl)cc4cc(OC(F)F)cnc34)nc2cc1F)[C@@H](C)N(C(=O)O)c1cnc(OCCO)nc1. The van der Waals surface area contributed by atoms with E-state index in [4.69, 9.17) is 26.2 Å². The third-order valence-corrected chi connectivity index (χ3v) is 7.71. The molecule has 230 valence electrons. The van der Waals surface area contributed by atoms with Crippen LogP contribution in [0.4, 0.5) is 23.7 Å². The number of ether oxygens (including phenoxy) is 3. The fourth-order valence-electron chi connectivity index (χ4n) is 4.33. The highest BCUT2D eigenvalue weighted by Crippen LogP contribution is 2.39. The Balaban J connectivity index is 1.41. The molecule has 5 aromatic rings. The number of aliphatic hydroxyl groups excluding tert-OH is 1. The Morgan fingerprint density at radius 1 is 1.07 bits per heavy atom. The summed E-state index contributed by atoms with van der Waals surface area (Å²) in [5.41, 5.74) is 1.40. The van der Waals surface area contributed by atoms with Crippen LogP contribution in [0.15, 0.2) is 48.9 Å². The Labute approximate surface area is 256 Å². The minimum atomic E-state index is -3.01. The second-order valence-electron chi connectivity index (χ2n) is 9.36. The molecule has 2 N–H and O–H groups in total. The molecule has 3 aromatic heterocycles. The smallest absolute Gasteiger partial charge is 0.412 e. The molecule has 0 saturated carbocycles. The summed E-state index contributed by atoms with van der Waals surface area (Å²) in [6.45, 7) is -0.0873. The average Bonchev–Trinajstić information content (AvgIpc) is 3.38. The lowest BCUT2D eigenvalue weighted by atomic mass is 10.1. The van der Waals surface area contributed by atoms with E-state index in [1.807, 2.05) is 0 Å². The Morgan fingerprint density at radius 2 is 1.82 bits per heavy atom. The van der Waals surface area contributed by atoms with Gasteiger partial charge in [-0.25, -0.2) is 24.1 Å². The first-order valence-corrected chi connectivity index (χ1v) is 14.1. The van der Waals surface area contributed by atoms with Crippen LogP contribution in [0.3, 0.4) is 0 Å². The molecule has 2 atom stereocenters. The first kappa shape index (κ1) is 31.0. The predicted molar refractivity (Wildman–Crippen MR) is 157 cm³/mol. The largest absolute Gasteiger partial charge is 0.485 e. The summed E-state index contributed by atoms with van der Waals surface area (Å²) in [5, 5.41) is 20.0. The third kappa shape index (κ3) is 6.69. The summed E-state index contributed by atoms with van der Waals surface area (Å²) in [4.78, 5) is 29.8. The zero-order valence-electron chi connectivity index (χ0n) is 22.9. The molecule has 0 spiro atoms. The van der Waals surface area contributed by atoms with E-state index in [-0.39, 0.29) is 36.4 Å². The summed E-state index contributed by atoms with van der Waals surface area (Å²) >= 11 is 7.50. The van der Waals surface area contributed by atoms with E-state index in [2.05, 4.69) is 24.7 Å². The van der Waals surface area contributed by atoms with Gasteiger partial charge in [0.2, 0.25) is 0 Å². The van der Waals surface area contributed by atoms with Crippen molar-refractivity contribution < 1.29 is 42.4 Å². The van der Waals surface area contributed by atoms with Gasteiger partial charge >= 0.3 is 18.7 Å². The number of halogens is 4. The van der Waals surface area contributed by atoms with Crippen molar-refractivity contribution in [3.8, 4) is 28.1 Å². The molecule has 0 unspecified atom stereocenters. The van der Waals surface area contributed by atoms with E-state index in [1.54, 1.807) is 26.0 Å². The summed E-state index contributed by atoms with van der Waals surface area (Å²) in [7, 11) is 0. The van der Waals surface area contributed by atoms with Crippen molar-refractivity contribution in [3.63, 3.8) is 0 Å². The van der Waals surface area contributed by atoms with Crippen molar-refractivity contribution in [3.05, 3.63) is 59.8 Å². The van der Waals surface area contributed by atoms with Gasteiger partial charge in [0, 0.05) is 28.1 Å². The van der Waals surface area contributed by atoms with Crippen LogP contribution in [0.2, 0.25) is 5.02 Å². The molecule has 3 heterocycles. The summed E-state index contributed by atoms with van der Waals surface area (Å²) in [5.74, 6) is -0.966. The van der Waals surface area contributed by atoms with Crippen LogP contribution in [-0.4, -0.2) is 68.2 Å². The number of aromatic nitrogens is 4. The normalized spacial score (nSPS) is 12.8. The van der Waals surface area contributed by atoms with Crippen molar-refractivity contribution in [2.75, 3.05) is 18.1 Å². The number of nitrogens with zero attached hydrogens (tertiary/aromatic N) is 5. The van der Waals surface area contributed by atoms with Crippen molar-refractivity contribution in [2.45, 2.75) is 32.6 Å². The fourth-order valence-corrected chi connectivity index (χ4v) is 5.55. The number of amides is 1. The lowest BCUT2D eigenvalue weighted by Crippen LogP contribution is -2.46. The number of hydrogen-bond donors (Lipinski definition) is 2. The Hall–Kier alpha value is -4.47. The Bertz CT molecular complexity index is 1810. The molecule has 0 saturated heterocycles. The molecule has 1 amide bonds. The number of carboxylic acid groups (broad SMARTS) is 1. The van der Waals surface area contributed by atoms with Crippen LogP contribution in [0.25, 0.3) is 31.7 Å². The van der Waals surface area contributed by atoms with Gasteiger partial charge in [-0.15, -0.1) is 11.3 Å². The van der Waals surface area contributed by atoms with Gasteiger partial charge in [-0.1, -0.05) is 11.6 Å². The maximum atomic E-state index is 15.2. The Kier molecular flexibility index (Phi) is 9.17. The third-order valence-electron chi connectivity index (χ3n) is 6.44. The predicted octanol–water partition coefficient (Wildman–Crippen LogP) is 6.41. The van der Waals surface area contributed by atoms with Gasteiger partial charge in [-0.2, -0.15) is 8.78 Å². The number of hydrogen-bond acceptors (Lipinski definition) is 10. The second kappa shape index (κ2) is 13.0. The standard InChI is InChI=1S/C28H23ClF3N5O6S/c1-13(37(28(39)40)17-10-34-27(35-11-17)41-4-3-38)14(2)42-22-9-23-21(8-20(22)30)36-25(44-23)19-7-16(29)5-15-6-18(43-26(31)32)12-33-24(15)19/h5-14,26,38H,3-4H2,1-2H3,(H,39,40)/t13-,14+/m1/s1. The minimum absolute atomic E-state index is 0.0210. The van der Waals surface area contributed by atoms with E-state index >= 15 is 4.39 Å². The van der Waals surface area contributed by atoms with Crippen LogP contribution < -0.4 is 19.1 Å². The van der Waals surface area contributed by atoms with Crippen molar-refractivity contribution in [2.24, 2.45) is 0 Å². The summed E-state index contributed by atoms with van der Waals surface area (Å²) in [6.07, 6.45) is 1.53. The van der Waals surface area contributed by atoms with Crippen LogP contribution >= 0.6 is 22.9 Å². The first-order chi connectivity index (χ1) is 21.0. The van der Waals surface area contributed by atoms with Crippen molar-refractivity contribution in [1.82, 2.24) is 19.9 Å². The van der Waals surface area contributed by atoms with Crippen molar-refractivity contribution >= 4 is 55.8 Å². The maximum Gasteiger partial charge on any atom is 0.412 e. The van der Waals surface area contributed by atoms with E-state index in [0.717, 1.165) is 4.90 Å². The van der Waals surface area contributed by atoms with Gasteiger partial charge in [0.1, 0.15) is 23.5 Å². The fraction of sp³-hybridized carbons (Fsp3) is 0.250. The molecule has 0 aliphatic carbocycles. The number of thiazole rings is 1. The molecular formula is C28H23ClF3N5O6S. The van der Waals surface area contributed by atoms with Gasteiger partial charge in [-0.05, 0) is 32.0 Å². The summed E-state index contributed by atoms with van der Waals surface area (Å²) in [6, 6.07) is 6.38. The number of alkyl halides is 2. The van der Waals surface area contributed by atoms with Crippen LogP contribution in [-0.2, 0) is 0 Å².